The second-order valence-electron chi connectivity index (χ2n) is 6.21. The van der Waals surface area contributed by atoms with Gasteiger partial charge in [-0.05, 0) is 19.9 Å². The molecule has 1 aliphatic heterocycles. The predicted molar refractivity (Wildman–Crippen MR) is 93.7 cm³/mol. The second kappa shape index (κ2) is 8.26. The van der Waals surface area contributed by atoms with Crippen molar-refractivity contribution in [3.05, 3.63) is 38.9 Å². The van der Waals surface area contributed by atoms with Crippen LogP contribution < -0.4 is 5.32 Å². The van der Waals surface area contributed by atoms with Crippen molar-refractivity contribution in [3.8, 4) is 0 Å². The number of rotatable bonds is 5. The van der Waals surface area contributed by atoms with E-state index in [2.05, 4.69) is 5.32 Å². The lowest BCUT2D eigenvalue weighted by atomic mass is 10.1. The van der Waals surface area contributed by atoms with Crippen LogP contribution in [0.5, 0.6) is 0 Å². The highest BCUT2D eigenvalue weighted by Crippen LogP contribution is 2.23. The number of piperazine rings is 1. The minimum atomic E-state index is -0.557. The van der Waals surface area contributed by atoms with Gasteiger partial charge in [0.1, 0.15) is 0 Å². The molecule has 1 aliphatic rings. The maximum atomic E-state index is 12.6. The van der Waals surface area contributed by atoms with E-state index in [0.29, 0.717) is 26.2 Å². The molecule has 0 aromatic heterocycles. The molecule has 0 spiro atoms. The number of benzene rings is 1. The molecule has 0 bridgehead atoms. The van der Waals surface area contributed by atoms with Crippen LogP contribution in [-0.4, -0.2) is 65.3 Å². The van der Waals surface area contributed by atoms with Gasteiger partial charge < -0.3 is 10.2 Å². The average Bonchev–Trinajstić information content (AvgIpc) is 2.54. The monoisotopic (exact) mass is 368 g/mol. The predicted octanol–water partition coefficient (Wildman–Crippen LogP) is 1.53. The van der Waals surface area contributed by atoms with Gasteiger partial charge in [-0.15, -0.1) is 0 Å². The highest BCUT2D eigenvalue weighted by molar-refractivity contribution is 6.33. The summed E-state index contributed by atoms with van der Waals surface area (Å²) in [5.74, 6) is -0.378. The molecule has 25 heavy (non-hydrogen) atoms. The number of carbonyl (C=O) groups is 2. The number of hydrogen-bond acceptors (Lipinski definition) is 5. The number of nitro groups is 1. The van der Waals surface area contributed by atoms with Crippen molar-refractivity contribution in [2.45, 2.75) is 19.9 Å². The summed E-state index contributed by atoms with van der Waals surface area (Å²) >= 11 is 6.03. The van der Waals surface area contributed by atoms with E-state index in [1.54, 1.807) is 4.90 Å². The normalized spacial score (nSPS) is 15.3. The summed E-state index contributed by atoms with van der Waals surface area (Å²) in [6, 6.07) is 3.92. The number of amides is 2. The smallest absolute Gasteiger partial charge is 0.270 e. The third-order valence-corrected chi connectivity index (χ3v) is 4.20. The Bertz CT molecular complexity index is 672. The van der Waals surface area contributed by atoms with Crippen LogP contribution >= 0.6 is 11.6 Å². The zero-order chi connectivity index (χ0) is 18.6. The van der Waals surface area contributed by atoms with E-state index in [1.807, 2.05) is 18.7 Å². The number of non-ortho nitro benzene ring substituents is 1. The van der Waals surface area contributed by atoms with Crippen molar-refractivity contribution in [1.29, 1.82) is 0 Å². The summed E-state index contributed by atoms with van der Waals surface area (Å²) in [6.07, 6.45) is 0. The van der Waals surface area contributed by atoms with Crippen molar-refractivity contribution >= 4 is 29.1 Å². The van der Waals surface area contributed by atoms with Gasteiger partial charge in [-0.3, -0.25) is 24.6 Å². The Kier molecular flexibility index (Phi) is 6.33. The molecule has 0 radical (unpaired) electrons. The van der Waals surface area contributed by atoms with Crippen LogP contribution in [0.4, 0.5) is 5.69 Å². The molecule has 0 atom stereocenters. The van der Waals surface area contributed by atoms with Crippen LogP contribution in [-0.2, 0) is 4.79 Å². The number of nitrogens with one attached hydrogen (secondary N) is 1. The van der Waals surface area contributed by atoms with Gasteiger partial charge in [-0.25, -0.2) is 0 Å². The van der Waals surface area contributed by atoms with E-state index in [0.717, 1.165) is 0 Å². The molecule has 0 unspecified atom stereocenters. The molecule has 8 nitrogen and oxygen atoms in total. The van der Waals surface area contributed by atoms with Gasteiger partial charge in [0, 0.05) is 44.4 Å². The van der Waals surface area contributed by atoms with Crippen molar-refractivity contribution in [2.24, 2.45) is 0 Å². The van der Waals surface area contributed by atoms with E-state index >= 15 is 0 Å². The molecular weight excluding hydrogens is 348 g/mol. The van der Waals surface area contributed by atoms with Crippen LogP contribution in [0.1, 0.15) is 24.2 Å². The molecule has 0 aliphatic carbocycles. The first-order valence-electron chi connectivity index (χ1n) is 8.03. The SMILES string of the molecule is CC(C)NC(=O)CN1CCN(C(=O)c2cc([N+](=O)[O-])ccc2Cl)CC1. The molecule has 1 aromatic carbocycles. The Morgan fingerprint density at radius 3 is 2.48 bits per heavy atom. The Hall–Kier alpha value is -2.19. The topological polar surface area (TPSA) is 95.8 Å². The molecule has 136 valence electrons. The number of halogens is 1. The average molecular weight is 369 g/mol. The summed E-state index contributed by atoms with van der Waals surface area (Å²) in [6.45, 7) is 6.08. The Balaban J connectivity index is 1.96. The number of nitrogens with zero attached hydrogens (tertiary/aromatic N) is 3. The van der Waals surface area contributed by atoms with Crippen LogP contribution in [0, 0.1) is 10.1 Å². The zero-order valence-electron chi connectivity index (χ0n) is 14.2. The van der Waals surface area contributed by atoms with Crippen LogP contribution in [0.15, 0.2) is 18.2 Å². The second-order valence-corrected chi connectivity index (χ2v) is 6.62. The molecule has 2 rings (SSSR count). The lowest BCUT2D eigenvalue weighted by molar-refractivity contribution is -0.384. The summed E-state index contributed by atoms with van der Waals surface area (Å²) in [7, 11) is 0. The Labute approximate surface area is 150 Å². The summed E-state index contributed by atoms with van der Waals surface area (Å²) in [4.78, 5) is 38.3. The van der Waals surface area contributed by atoms with Crippen molar-refractivity contribution in [1.82, 2.24) is 15.1 Å². The standard InChI is InChI=1S/C16H21ClN4O4/c1-11(2)18-15(22)10-19-5-7-20(8-6-19)16(23)13-9-12(21(24)25)3-4-14(13)17/h3-4,9,11H,5-8,10H2,1-2H3,(H,18,22). The van der Waals surface area contributed by atoms with Crippen LogP contribution in [0.3, 0.4) is 0 Å². The Morgan fingerprint density at radius 1 is 1.28 bits per heavy atom. The van der Waals surface area contributed by atoms with E-state index in [4.69, 9.17) is 11.6 Å². The van der Waals surface area contributed by atoms with Crippen molar-refractivity contribution < 1.29 is 14.5 Å². The minimum absolute atomic E-state index is 0.0449. The van der Waals surface area contributed by atoms with Crippen LogP contribution in [0.2, 0.25) is 5.02 Å². The van der Waals surface area contributed by atoms with E-state index in [9.17, 15) is 19.7 Å². The van der Waals surface area contributed by atoms with Gasteiger partial charge in [0.05, 0.1) is 22.1 Å². The largest absolute Gasteiger partial charge is 0.353 e. The molecule has 1 saturated heterocycles. The van der Waals surface area contributed by atoms with Gasteiger partial charge >= 0.3 is 0 Å². The first-order valence-corrected chi connectivity index (χ1v) is 8.40. The summed E-state index contributed by atoms with van der Waals surface area (Å²) in [5.41, 5.74) is -0.0430. The lowest BCUT2D eigenvalue weighted by Gasteiger charge is -2.34. The number of carbonyl (C=O) groups excluding carboxylic acids is 2. The van der Waals surface area contributed by atoms with E-state index < -0.39 is 4.92 Å². The fraction of sp³-hybridized carbons (Fsp3) is 0.500. The quantitative estimate of drug-likeness (QED) is 0.628. The summed E-state index contributed by atoms with van der Waals surface area (Å²) in [5, 5.41) is 13.9. The first kappa shape index (κ1) is 19.1. The van der Waals surface area contributed by atoms with Gasteiger partial charge in [0.15, 0.2) is 0 Å². The zero-order valence-corrected chi connectivity index (χ0v) is 15.0. The van der Waals surface area contributed by atoms with Crippen LogP contribution in [0.25, 0.3) is 0 Å². The highest BCUT2D eigenvalue weighted by Gasteiger charge is 2.26. The molecule has 1 fully saturated rings. The van der Waals surface area contributed by atoms with Gasteiger partial charge in [-0.2, -0.15) is 0 Å². The van der Waals surface area contributed by atoms with Crippen molar-refractivity contribution in [3.63, 3.8) is 0 Å². The number of hydrogen-bond donors (Lipinski definition) is 1. The fourth-order valence-corrected chi connectivity index (χ4v) is 2.84. The molecule has 1 N–H and O–H groups in total. The molecule has 0 saturated carbocycles. The van der Waals surface area contributed by atoms with Gasteiger partial charge in [0.2, 0.25) is 5.91 Å². The molecule has 9 heteroatoms. The maximum Gasteiger partial charge on any atom is 0.270 e. The van der Waals surface area contributed by atoms with Gasteiger partial charge in [-0.1, -0.05) is 11.6 Å². The molecule has 1 aromatic rings. The molecule has 1 heterocycles. The summed E-state index contributed by atoms with van der Waals surface area (Å²) < 4.78 is 0. The first-order chi connectivity index (χ1) is 11.8. The van der Waals surface area contributed by atoms with E-state index in [1.165, 1.54) is 18.2 Å². The minimum Gasteiger partial charge on any atom is -0.353 e. The fourth-order valence-electron chi connectivity index (χ4n) is 2.64. The number of nitro benzene ring substituents is 1. The maximum absolute atomic E-state index is 12.6. The molecular formula is C16H21ClN4O4. The molecule has 2 amide bonds. The van der Waals surface area contributed by atoms with Gasteiger partial charge in [0.25, 0.3) is 11.6 Å². The third-order valence-electron chi connectivity index (χ3n) is 3.87. The third kappa shape index (κ3) is 5.14. The highest BCUT2D eigenvalue weighted by atomic mass is 35.5. The van der Waals surface area contributed by atoms with E-state index in [-0.39, 0.29) is 40.7 Å². The lowest BCUT2D eigenvalue weighted by Crippen LogP contribution is -2.51. The Morgan fingerprint density at radius 2 is 1.92 bits per heavy atom. The van der Waals surface area contributed by atoms with Crippen molar-refractivity contribution in [2.75, 3.05) is 32.7 Å².